The molecule has 0 bridgehead atoms. The number of hydrogen-bond acceptors (Lipinski definition) is 9. The van der Waals surface area contributed by atoms with Gasteiger partial charge in [0.2, 0.25) is 15.9 Å². The van der Waals surface area contributed by atoms with Crippen molar-refractivity contribution in [3.8, 4) is 0 Å². The number of nitrogens with zero attached hydrogens (tertiary/aromatic N) is 2. The quantitative estimate of drug-likeness (QED) is 0.274. The first-order chi connectivity index (χ1) is 18.1. The molecule has 1 aromatic heterocycles. The maximum atomic E-state index is 12.9. The summed E-state index contributed by atoms with van der Waals surface area (Å²) in [5.74, 6) is -1.41. The van der Waals surface area contributed by atoms with Crippen LogP contribution < -0.4 is 15.4 Å². The molecule has 0 spiro atoms. The van der Waals surface area contributed by atoms with Crippen molar-refractivity contribution in [3.63, 3.8) is 0 Å². The number of nitrogens with one attached hydrogen (secondary N) is 3. The van der Waals surface area contributed by atoms with Gasteiger partial charge in [0.15, 0.2) is 0 Å². The highest BCUT2D eigenvalue weighted by Gasteiger charge is 2.37. The lowest BCUT2D eigenvalue weighted by atomic mass is 10.2. The van der Waals surface area contributed by atoms with E-state index in [1.165, 1.54) is 4.90 Å². The van der Waals surface area contributed by atoms with Gasteiger partial charge in [0.1, 0.15) is 25.1 Å². The number of pyridine rings is 1. The van der Waals surface area contributed by atoms with Gasteiger partial charge in [0.25, 0.3) is 0 Å². The van der Waals surface area contributed by atoms with E-state index in [4.69, 9.17) is 14.6 Å². The molecule has 2 heterocycles. The lowest BCUT2D eigenvalue weighted by Crippen LogP contribution is -2.48. The minimum Gasteiger partial charge on any atom is -0.480 e. The summed E-state index contributed by atoms with van der Waals surface area (Å²) < 4.78 is 35.7. The largest absolute Gasteiger partial charge is 0.480 e. The minimum atomic E-state index is -3.78. The smallest absolute Gasteiger partial charge is 0.410 e. The molecule has 3 rings (SSSR count). The summed E-state index contributed by atoms with van der Waals surface area (Å²) in [6.45, 7) is -0.187. The van der Waals surface area contributed by atoms with E-state index in [9.17, 15) is 22.8 Å². The Hall–Kier alpha value is -3.75. The van der Waals surface area contributed by atoms with Crippen LogP contribution in [0.5, 0.6) is 0 Å². The molecule has 0 unspecified atom stereocenters. The van der Waals surface area contributed by atoms with Gasteiger partial charge in [-0.25, -0.2) is 18.2 Å². The second-order valence-corrected chi connectivity index (χ2v) is 10.5. The number of carbonyl (C=O) groups excluding carboxylic acids is 2. The number of likely N-dealkylation sites (tertiary alicyclic amines) is 1. The Morgan fingerprint density at radius 1 is 1.16 bits per heavy atom. The molecule has 1 saturated heterocycles. The summed E-state index contributed by atoms with van der Waals surface area (Å²) in [5, 5.41) is 14.7. The third kappa shape index (κ3) is 9.61. The molecule has 38 heavy (non-hydrogen) atoms. The van der Waals surface area contributed by atoms with Crippen LogP contribution in [-0.2, 0) is 35.7 Å². The number of amides is 2. The van der Waals surface area contributed by atoms with E-state index < -0.39 is 53.3 Å². The lowest BCUT2D eigenvalue weighted by molar-refractivity contribution is -0.139. The van der Waals surface area contributed by atoms with Gasteiger partial charge in [-0.1, -0.05) is 36.4 Å². The number of aromatic nitrogens is 1. The molecule has 3 atom stereocenters. The van der Waals surface area contributed by atoms with E-state index in [1.54, 1.807) is 18.3 Å². The third-order valence-corrected chi connectivity index (χ3v) is 6.32. The van der Waals surface area contributed by atoms with Gasteiger partial charge in [-0.15, -0.1) is 0 Å². The second-order valence-electron chi connectivity index (χ2n) is 8.70. The number of aliphatic carboxylic acids is 1. The monoisotopic (exact) mass is 549 g/mol. The maximum absolute atomic E-state index is 12.9. The zero-order valence-corrected chi connectivity index (χ0v) is 21.6. The standard InChI is InChI=1S/C24H31N5O8S/c1-38(34,35)28-20(23(31)32)13-27-22(30)16-36-19-11-18(12-26-21-9-5-6-10-25-21)29(14-19)24(33)37-15-17-7-3-2-4-8-17/h2-10,18-20,28H,11-16H2,1H3,(H,25,26)(H,27,30)(H,31,32)/t18-,19+,20-/m0/s1. The van der Waals surface area contributed by atoms with Crippen LogP contribution in [0.3, 0.4) is 0 Å². The molecule has 4 N–H and O–H groups in total. The fourth-order valence-corrected chi connectivity index (χ4v) is 4.50. The Morgan fingerprint density at radius 2 is 1.89 bits per heavy atom. The van der Waals surface area contributed by atoms with Crippen molar-refractivity contribution >= 4 is 33.8 Å². The predicted octanol–water partition coefficient (Wildman–Crippen LogP) is 0.408. The average molecular weight is 550 g/mol. The third-order valence-electron chi connectivity index (χ3n) is 5.61. The molecule has 0 aliphatic carbocycles. The second kappa shape index (κ2) is 13.7. The molecular formula is C24H31N5O8S. The molecular weight excluding hydrogens is 518 g/mol. The van der Waals surface area contributed by atoms with Crippen LogP contribution >= 0.6 is 0 Å². The van der Waals surface area contributed by atoms with Crippen molar-refractivity contribution in [1.82, 2.24) is 19.9 Å². The molecule has 1 fully saturated rings. The van der Waals surface area contributed by atoms with Crippen LogP contribution in [0, 0.1) is 0 Å². The van der Waals surface area contributed by atoms with E-state index in [2.05, 4.69) is 15.6 Å². The van der Waals surface area contributed by atoms with E-state index >= 15 is 0 Å². The zero-order chi connectivity index (χ0) is 27.5. The number of sulfonamides is 1. The highest BCUT2D eigenvalue weighted by Crippen LogP contribution is 2.22. The molecule has 1 aromatic carbocycles. The fourth-order valence-electron chi connectivity index (χ4n) is 3.80. The van der Waals surface area contributed by atoms with Crippen LogP contribution in [0.25, 0.3) is 0 Å². The molecule has 14 heteroatoms. The molecule has 13 nitrogen and oxygen atoms in total. The van der Waals surface area contributed by atoms with Crippen molar-refractivity contribution in [3.05, 3.63) is 60.3 Å². The SMILES string of the molecule is CS(=O)(=O)N[C@@H](CNC(=O)CO[C@@H]1C[C@@H](CNc2ccccn2)N(C(=O)OCc2ccccc2)C1)C(=O)O. The van der Waals surface area contributed by atoms with E-state index in [1.807, 2.05) is 41.1 Å². The summed E-state index contributed by atoms with van der Waals surface area (Å²) in [4.78, 5) is 42.1. The highest BCUT2D eigenvalue weighted by atomic mass is 32.2. The van der Waals surface area contributed by atoms with Crippen molar-refractivity contribution in [2.75, 3.05) is 37.8 Å². The first-order valence-electron chi connectivity index (χ1n) is 11.8. The van der Waals surface area contributed by atoms with Gasteiger partial charge in [0.05, 0.1) is 24.9 Å². The molecule has 2 aromatic rings. The minimum absolute atomic E-state index is 0.108. The van der Waals surface area contributed by atoms with Gasteiger partial charge in [-0.3, -0.25) is 9.59 Å². The summed E-state index contributed by atoms with van der Waals surface area (Å²) >= 11 is 0. The van der Waals surface area contributed by atoms with Crippen molar-refractivity contribution in [2.24, 2.45) is 0 Å². The Morgan fingerprint density at radius 3 is 2.55 bits per heavy atom. The summed E-state index contributed by atoms with van der Waals surface area (Å²) in [7, 11) is -3.78. The molecule has 1 aliphatic heterocycles. The number of anilines is 1. The van der Waals surface area contributed by atoms with Crippen LogP contribution in [0.2, 0.25) is 0 Å². The van der Waals surface area contributed by atoms with Crippen molar-refractivity contribution < 1.29 is 37.4 Å². The normalized spacial score (nSPS) is 18.0. The number of carboxylic acid groups (broad SMARTS) is 1. The van der Waals surface area contributed by atoms with Gasteiger partial charge >= 0.3 is 12.1 Å². The number of carboxylic acids is 1. The van der Waals surface area contributed by atoms with Gasteiger partial charge in [0, 0.05) is 19.3 Å². The van der Waals surface area contributed by atoms with E-state index in [0.717, 1.165) is 11.8 Å². The maximum Gasteiger partial charge on any atom is 0.410 e. The number of rotatable bonds is 13. The highest BCUT2D eigenvalue weighted by molar-refractivity contribution is 7.88. The number of carbonyl (C=O) groups is 3. The van der Waals surface area contributed by atoms with Crippen LogP contribution in [0.1, 0.15) is 12.0 Å². The topological polar surface area (TPSA) is 176 Å². The zero-order valence-electron chi connectivity index (χ0n) is 20.8. The number of hydrogen-bond donors (Lipinski definition) is 4. The molecule has 1 aliphatic rings. The summed E-state index contributed by atoms with van der Waals surface area (Å²) in [5.41, 5.74) is 0.845. The Kier molecular flexibility index (Phi) is 10.4. The first-order valence-corrected chi connectivity index (χ1v) is 13.7. The van der Waals surface area contributed by atoms with E-state index in [0.29, 0.717) is 18.8 Å². The molecule has 0 radical (unpaired) electrons. The molecule has 2 amide bonds. The molecule has 0 saturated carbocycles. The summed E-state index contributed by atoms with van der Waals surface area (Å²) in [6.07, 6.45) is 1.89. The average Bonchev–Trinajstić information content (AvgIpc) is 3.31. The van der Waals surface area contributed by atoms with Crippen molar-refractivity contribution in [1.29, 1.82) is 0 Å². The first kappa shape index (κ1) is 28.8. The van der Waals surface area contributed by atoms with Crippen LogP contribution in [-0.4, -0.2) is 92.1 Å². The van der Waals surface area contributed by atoms with Gasteiger partial charge in [-0.05, 0) is 24.1 Å². The number of ether oxygens (including phenoxy) is 2. The van der Waals surface area contributed by atoms with Crippen LogP contribution in [0.15, 0.2) is 54.7 Å². The van der Waals surface area contributed by atoms with Gasteiger partial charge < -0.3 is 30.1 Å². The van der Waals surface area contributed by atoms with E-state index in [-0.39, 0.29) is 19.2 Å². The van der Waals surface area contributed by atoms with Gasteiger partial charge in [-0.2, -0.15) is 4.72 Å². The lowest BCUT2D eigenvalue weighted by Gasteiger charge is -2.24. The predicted molar refractivity (Wildman–Crippen MR) is 137 cm³/mol. The molecule has 206 valence electrons. The summed E-state index contributed by atoms with van der Waals surface area (Å²) in [6, 6.07) is 12.9. The Labute approximate surface area is 220 Å². The fraction of sp³-hybridized carbons (Fsp3) is 0.417. The van der Waals surface area contributed by atoms with Crippen LogP contribution in [0.4, 0.5) is 10.6 Å². The Bertz CT molecular complexity index is 1180. The van der Waals surface area contributed by atoms with Crippen molar-refractivity contribution in [2.45, 2.75) is 31.2 Å². The number of benzene rings is 1. The Balaban J connectivity index is 1.54.